The van der Waals surface area contributed by atoms with Crippen LogP contribution in [0.4, 0.5) is 5.13 Å². The molecule has 102 valence electrons. The lowest BCUT2D eigenvalue weighted by molar-refractivity contribution is 0.0378. The summed E-state index contributed by atoms with van der Waals surface area (Å²) in [5.74, 6) is 1.35. The minimum atomic E-state index is 0.408. The summed E-state index contributed by atoms with van der Waals surface area (Å²) in [5.41, 5.74) is 0. The highest BCUT2D eigenvalue weighted by Crippen LogP contribution is 2.17. The van der Waals surface area contributed by atoms with E-state index in [1.165, 1.54) is 11.5 Å². The van der Waals surface area contributed by atoms with E-state index >= 15 is 0 Å². The van der Waals surface area contributed by atoms with Crippen molar-refractivity contribution in [3.05, 3.63) is 5.82 Å². The van der Waals surface area contributed by atoms with Gasteiger partial charge in [-0.1, -0.05) is 13.8 Å². The van der Waals surface area contributed by atoms with Gasteiger partial charge in [-0.3, -0.25) is 4.90 Å². The van der Waals surface area contributed by atoms with Gasteiger partial charge in [-0.05, 0) is 13.0 Å². The molecule has 18 heavy (non-hydrogen) atoms. The Morgan fingerprint density at radius 3 is 2.83 bits per heavy atom. The van der Waals surface area contributed by atoms with Gasteiger partial charge < -0.3 is 10.1 Å². The molecule has 1 aliphatic heterocycles. The summed E-state index contributed by atoms with van der Waals surface area (Å²) in [6.45, 7) is 10.2. The molecule has 0 amide bonds. The van der Waals surface area contributed by atoms with Gasteiger partial charge in [0, 0.05) is 37.1 Å². The Hall–Kier alpha value is -0.720. The van der Waals surface area contributed by atoms with E-state index < -0.39 is 0 Å². The topological polar surface area (TPSA) is 50.3 Å². The van der Waals surface area contributed by atoms with Gasteiger partial charge in [0.05, 0.1) is 13.2 Å². The molecule has 1 aromatic heterocycles. The van der Waals surface area contributed by atoms with Crippen molar-refractivity contribution in [1.29, 1.82) is 0 Å². The lowest BCUT2D eigenvalue weighted by atomic mass is 10.2. The van der Waals surface area contributed by atoms with Crippen LogP contribution in [0.3, 0.4) is 0 Å². The number of ether oxygens (including phenoxy) is 1. The lowest BCUT2D eigenvalue weighted by Gasteiger charge is -2.26. The first-order valence-electron chi connectivity index (χ1n) is 6.63. The highest BCUT2D eigenvalue weighted by atomic mass is 32.1. The Kier molecular flexibility index (Phi) is 5.34. The van der Waals surface area contributed by atoms with Gasteiger partial charge in [0.2, 0.25) is 5.13 Å². The fourth-order valence-corrected chi connectivity index (χ4v) is 2.60. The number of aromatic nitrogens is 2. The summed E-state index contributed by atoms with van der Waals surface area (Å²) in [7, 11) is 0. The zero-order valence-corrected chi connectivity index (χ0v) is 12.0. The van der Waals surface area contributed by atoms with E-state index in [-0.39, 0.29) is 0 Å². The van der Waals surface area contributed by atoms with Crippen LogP contribution in [0, 0.1) is 0 Å². The second-order valence-corrected chi connectivity index (χ2v) is 5.60. The van der Waals surface area contributed by atoms with Gasteiger partial charge >= 0.3 is 0 Å². The normalized spacial score (nSPS) is 17.3. The van der Waals surface area contributed by atoms with Crippen molar-refractivity contribution >= 4 is 16.7 Å². The molecule has 2 heterocycles. The van der Waals surface area contributed by atoms with Gasteiger partial charge in [0.25, 0.3) is 0 Å². The van der Waals surface area contributed by atoms with Crippen molar-refractivity contribution in [2.75, 3.05) is 44.7 Å². The van der Waals surface area contributed by atoms with Crippen LogP contribution in [0.5, 0.6) is 0 Å². The molecule has 0 atom stereocenters. The van der Waals surface area contributed by atoms with Crippen LogP contribution >= 0.6 is 11.5 Å². The first-order chi connectivity index (χ1) is 8.75. The lowest BCUT2D eigenvalue weighted by Crippen LogP contribution is -2.37. The molecule has 0 aromatic carbocycles. The molecule has 2 rings (SSSR count). The van der Waals surface area contributed by atoms with Gasteiger partial charge in [0.15, 0.2) is 0 Å². The second kappa shape index (κ2) is 7.01. The molecule has 5 nitrogen and oxygen atoms in total. The zero-order valence-electron chi connectivity index (χ0n) is 11.2. The summed E-state index contributed by atoms with van der Waals surface area (Å²) >= 11 is 1.46. The fraction of sp³-hybridized carbons (Fsp3) is 0.833. The Morgan fingerprint density at radius 1 is 1.39 bits per heavy atom. The Labute approximate surface area is 113 Å². The van der Waals surface area contributed by atoms with Crippen LogP contribution in [-0.2, 0) is 4.74 Å². The number of morpholine rings is 1. The minimum Gasteiger partial charge on any atom is -0.379 e. The first-order valence-corrected chi connectivity index (χ1v) is 7.40. The quantitative estimate of drug-likeness (QED) is 0.799. The third-order valence-electron chi connectivity index (χ3n) is 2.99. The monoisotopic (exact) mass is 270 g/mol. The van der Waals surface area contributed by atoms with Crippen LogP contribution in [0.15, 0.2) is 0 Å². The molecule has 0 aliphatic carbocycles. The summed E-state index contributed by atoms with van der Waals surface area (Å²) in [5, 5.41) is 4.29. The molecule has 0 unspecified atom stereocenters. The minimum absolute atomic E-state index is 0.408. The third-order valence-corrected chi connectivity index (χ3v) is 3.68. The van der Waals surface area contributed by atoms with Gasteiger partial charge in [-0.25, -0.2) is 4.98 Å². The fourth-order valence-electron chi connectivity index (χ4n) is 1.86. The number of nitrogens with one attached hydrogen (secondary N) is 1. The van der Waals surface area contributed by atoms with E-state index in [1.807, 2.05) is 0 Å². The van der Waals surface area contributed by atoms with E-state index in [2.05, 4.69) is 33.4 Å². The number of anilines is 1. The van der Waals surface area contributed by atoms with Crippen molar-refractivity contribution < 1.29 is 4.74 Å². The molecule has 6 heteroatoms. The van der Waals surface area contributed by atoms with Gasteiger partial charge in [0.1, 0.15) is 5.82 Å². The van der Waals surface area contributed by atoms with Gasteiger partial charge in [-0.2, -0.15) is 4.37 Å². The zero-order chi connectivity index (χ0) is 12.8. The maximum Gasteiger partial charge on any atom is 0.202 e. The number of hydrogen-bond acceptors (Lipinski definition) is 6. The van der Waals surface area contributed by atoms with E-state index in [4.69, 9.17) is 4.74 Å². The molecular weight excluding hydrogens is 248 g/mol. The average molecular weight is 270 g/mol. The molecule has 0 spiro atoms. The van der Waals surface area contributed by atoms with E-state index in [0.717, 1.165) is 56.8 Å². The van der Waals surface area contributed by atoms with Gasteiger partial charge in [-0.15, -0.1) is 0 Å². The molecule has 1 saturated heterocycles. The summed E-state index contributed by atoms with van der Waals surface area (Å²) in [6, 6.07) is 0. The summed E-state index contributed by atoms with van der Waals surface area (Å²) in [6.07, 6.45) is 1.14. The summed E-state index contributed by atoms with van der Waals surface area (Å²) in [4.78, 5) is 6.91. The highest BCUT2D eigenvalue weighted by Gasteiger charge is 2.10. The number of hydrogen-bond donors (Lipinski definition) is 1. The van der Waals surface area contributed by atoms with Crippen LogP contribution in [0.1, 0.15) is 32.0 Å². The molecule has 1 N–H and O–H groups in total. The molecule has 1 aliphatic rings. The molecule has 0 bridgehead atoms. The maximum atomic E-state index is 5.33. The maximum absolute atomic E-state index is 5.33. The van der Waals surface area contributed by atoms with Crippen molar-refractivity contribution in [3.63, 3.8) is 0 Å². The van der Waals surface area contributed by atoms with Crippen molar-refractivity contribution in [2.45, 2.75) is 26.2 Å². The smallest absolute Gasteiger partial charge is 0.202 e. The van der Waals surface area contributed by atoms with Crippen molar-refractivity contribution in [3.8, 4) is 0 Å². The summed E-state index contributed by atoms with van der Waals surface area (Å²) < 4.78 is 9.65. The van der Waals surface area contributed by atoms with Crippen LogP contribution in [0.2, 0.25) is 0 Å². The third kappa shape index (κ3) is 4.19. The molecule has 0 radical (unpaired) electrons. The highest BCUT2D eigenvalue weighted by molar-refractivity contribution is 7.09. The van der Waals surface area contributed by atoms with Crippen LogP contribution in [0.25, 0.3) is 0 Å². The second-order valence-electron chi connectivity index (χ2n) is 4.85. The first kappa shape index (κ1) is 13.7. The van der Waals surface area contributed by atoms with Crippen molar-refractivity contribution in [1.82, 2.24) is 14.3 Å². The molecule has 1 fully saturated rings. The number of rotatable bonds is 6. The average Bonchev–Trinajstić information content (AvgIpc) is 2.85. The van der Waals surface area contributed by atoms with E-state index in [9.17, 15) is 0 Å². The molecular formula is C12H22N4OS. The van der Waals surface area contributed by atoms with Crippen LogP contribution < -0.4 is 5.32 Å². The Bertz CT molecular complexity index is 350. The van der Waals surface area contributed by atoms with Crippen molar-refractivity contribution in [2.24, 2.45) is 0 Å². The largest absolute Gasteiger partial charge is 0.379 e. The molecule has 0 saturated carbocycles. The SMILES string of the molecule is CC(C)c1nsc(NCCCN2CCOCC2)n1. The predicted molar refractivity (Wildman–Crippen MR) is 74.4 cm³/mol. The van der Waals surface area contributed by atoms with E-state index in [1.54, 1.807) is 0 Å². The van der Waals surface area contributed by atoms with E-state index in [0.29, 0.717) is 5.92 Å². The Morgan fingerprint density at radius 2 is 2.17 bits per heavy atom. The van der Waals surface area contributed by atoms with Crippen LogP contribution in [-0.4, -0.2) is 53.7 Å². The standard InChI is InChI=1S/C12H22N4OS/c1-10(2)11-14-12(18-15-11)13-4-3-5-16-6-8-17-9-7-16/h10H,3-9H2,1-2H3,(H,13,14,15). The number of nitrogens with zero attached hydrogens (tertiary/aromatic N) is 3. The molecule has 1 aromatic rings. The predicted octanol–water partition coefficient (Wildman–Crippen LogP) is 1.80. The Balaban J connectivity index is 1.62.